The van der Waals surface area contributed by atoms with Crippen molar-refractivity contribution in [2.75, 3.05) is 13.1 Å². The van der Waals surface area contributed by atoms with Gasteiger partial charge in [-0.25, -0.2) is 9.78 Å². The molecule has 1 N–H and O–H groups in total. The van der Waals surface area contributed by atoms with E-state index >= 15 is 0 Å². The van der Waals surface area contributed by atoms with Gasteiger partial charge >= 0.3 is 5.97 Å². The van der Waals surface area contributed by atoms with Crippen LogP contribution in [0.3, 0.4) is 0 Å². The number of carboxylic acid groups (broad SMARTS) is 1. The van der Waals surface area contributed by atoms with E-state index < -0.39 is 5.97 Å². The highest BCUT2D eigenvalue weighted by Gasteiger charge is 2.27. The highest BCUT2D eigenvalue weighted by atomic mass is 16.4. The molecule has 30 heavy (non-hydrogen) atoms. The van der Waals surface area contributed by atoms with Crippen molar-refractivity contribution in [1.29, 1.82) is 0 Å². The zero-order valence-corrected chi connectivity index (χ0v) is 18.1. The Kier molecular flexibility index (Phi) is 5.20. The highest BCUT2D eigenvalue weighted by Crippen LogP contribution is 2.34. The van der Waals surface area contributed by atoms with Crippen LogP contribution in [0.15, 0.2) is 48.5 Å². The Hall–Kier alpha value is -2.98. The van der Waals surface area contributed by atoms with E-state index in [4.69, 9.17) is 4.98 Å². The lowest BCUT2D eigenvalue weighted by molar-refractivity contribution is 0.0696. The summed E-state index contributed by atoms with van der Waals surface area (Å²) in [5, 5.41) is 10.7. The molecule has 0 atom stereocenters. The standard InChI is InChI=1S/C26H28N2O2/c1-5-28-15-18(14-17-10-12-19(13-11-17)26(2,3)4)24-21(16-28)23(25(29)30)20-8-6-7-9-22(20)27-24/h6-14H,5,15-16H2,1-4H3,(H,29,30)/b18-14-. The molecule has 0 fully saturated rings. The van der Waals surface area contributed by atoms with Crippen molar-refractivity contribution >= 4 is 28.5 Å². The molecule has 1 aliphatic rings. The first-order chi connectivity index (χ1) is 14.3. The topological polar surface area (TPSA) is 53.4 Å². The molecule has 0 radical (unpaired) electrons. The summed E-state index contributed by atoms with van der Waals surface area (Å²) in [5.41, 5.74) is 6.31. The summed E-state index contributed by atoms with van der Waals surface area (Å²) in [7, 11) is 0. The van der Waals surface area contributed by atoms with E-state index in [-0.39, 0.29) is 5.41 Å². The maximum atomic E-state index is 12.2. The Morgan fingerprint density at radius 1 is 1.10 bits per heavy atom. The molecule has 4 rings (SSSR count). The van der Waals surface area contributed by atoms with Gasteiger partial charge in [-0.05, 0) is 40.8 Å². The Morgan fingerprint density at radius 2 is 1.80 bits per heavy atom. The van der Waals surface area contributed by atoms with Crippen LogP contribution in [0.25, 0.3) is 22.6 Å². The number of para-hydroxylation sites is 1. The van der Waals surface area contributed by atoms with Crippen LogP contribution in [0.5, 0.6) is 0 Å². The zero-order chi connectivity index (χ0) is 21.5. The zero-order valence-electron chi connectivity index (χ0n) is 18.1. The van der Waals surface area contributed by atoms with Crippen LogP contribution in [0.4, 0.5) is 0 Å². The summed E-state index contributed by atoms with van der Waals surface area (Å²) >= 11 is 0. The van der Waals surface area contributed by atoms with Crippen molar-refractivity contribution in [3.8, 4) is 0 Å². The fraction of sp³-hybridized carbons (Fsp3) is 0.308. The molecule has 3 aromatic rings. The van der Waals surface area contributed by atoms with E-state index in [1.807, 2.05) is 24.3 Å². The van der Waals surface area contributed by atoms with Crippen LogP contribution in [0, 0.1) is 0 Å². The van der Waals surface area contributed by atoms with Gasteiger partial charge in [0.05, 0.1) is 16.8 Å². The van der Waals surface area contributed by atoms with Gasteiger partial charge < -0.3 is 5.11 Å². The van der Waals surface area contributed by atoms with Crippen LogP contribution in [-0.2, 0) is 12.0 Å². The third-order valence-corrected chi connectivity index (χ3v) is 5.85. The second-order valence-electron chi connectivity index (χ2n) is 8.98. The lowest BCUT2D eigenvalue weighted by Crippen LogP contribution is -2.31. The minimum absolute atomic E-state index is 0.110. The molecule has 0 amide bonds. The highest BCUT2D eigenvalue weighted by molar-refractivity contribution is 6.06. The molecule has 0 unspecified atom stereocenters. The number of aromatic carboxylic acids is 1. The first kappa shape index (κ1) is 20.3. The van der Waals surface area contributed by atoms with Gasteiger partial charge in [0.2, 0.25) is 0 Å². The van der Waals surface area contributed by atoms with Gasteiger partial charge in [0, 0.05) is 24.0 Å². The SMILES string of the molecule is CCN1C/C(=C/c2ccc(C(C)(C)C)cc2)c2nc3ccccc3c(C(=O)O)c2C1. The normalized spacial score (nSPS) is 16.1. The smallest absolute Gasteiger partial charge is 0.336 e. The van der Waals surface area contributed by atoms with Gasteiger partial charge in [-0.2, -0.15) is 0 Å². The van der Waals surface area contributed by atoms with Crippen LogP contribution >= 0.6 is 0 Å². The predicted molar refractivity (Wildman–Crippen MR) is 123 cm³/mol. The van der Waals surface area contributed by atoms with E-state index in [1.54, 1.807) is 0 Å². The number of nitrogens with zero attached hydrogens (tertiary/aromatic N) is 2. The Labute approximate surface area is 177 Å². The number of hydrogen-bond donors (Lipinski definition) is 1. The maximum Gasteiger partial charge on any atom is 0.336 e. The molecule has 0 aliphatic carbocycles. The number of carboxylic acids is 1. The molecule has 0 spiro atoms. The molecule has 4 nitrogen and oxygen atoms in total. The van der Waals surface area contributed by atoms with E-state index in [9.17, 15) is 9.90 Å². The Balaban J connectivity index is 1.89. The van der Waals surface area contributed by atoms with Gasteiger partial charge in [-0.15, -0.1) is 0 Å². The summed E-state index contributed by atoms with van der Waals surface area (Å²) in [6, 6.07) is 16.1. The maximum absolute atomic E-state index is 12.2. The summed E-state index contributed by atoms with van der Waals surface area (Å²) in [4.78, 5) is 19.4. The number of aromatic nitrogens is 1. The minimum Gasteiger partial charge on any atom is -0.478 e. The molecule has 1 aromatic heterocycles. The summed E-state index contributed by atoms with van der Waals surface area (Å²) in [6.07, 6.45) is 2.15. The number of benzene rings is 2. The third kappa shape index (κ3) is 3.75. The molecule has 2 heterocycles. The van der Waals surface area contributed by atoms with Gasteiger partial charge in [-0.3, -0.25) is 4.90 Å². The van der Waals surface area contributed by atoms with Gasteiger partial charge in [0.15, 0.2) is 0 Å². The quantitative estimate of drug-likeness (QED) is 0.621. The number of likely N-dealkylation sites (N-methyl/N-ethyl adjacent to an activating group) is 1. The summed E-state index contributed by atoms with van der Waals surface area (Å²) < 4.78 is 0. The molecule has 1 aliphatic heterocycles. The second kappa shape index (κ2) is 7.69. The van der Waals surface area contributed by atoms with Crippen molar-refractivity contribution in [1.82, 2.24) is 9.88 Å². The Bertz CT molecular complexity index is 1140. The van der Waals surface area contributed by atoms with Crippen molar-refractivity contribution in [2.24, 2.45) is 0 Å². The van der Waals surface area contributed by atoms with E-state index in [0.717, 1.165) is 41.0 Å². The fourth-order valence-electron chi connectivity index (χ4n) is 4.13. The molecular formula is C26H28N2O2. The van der Waals surface area contributed by atoms with E-state index in [1.165, 1.54) is 5.56 Å². The lowest BCUT2D eigenvalue weighted by Gasteiger charge is -2.30. The predicted octanol–water partition coefficient (Wildman–Crippen LogP) is 5.61. The lowest BCUT2D eigenvalue weighted by atomic mass is 9.86. The molecule has 2 aromatic carbocycles. The van der Waals surface area contributed by atoms with E-state index in [0.29, 0.717) is 17.5 Å². The molecule has 0 saturated heterocycles. The number of rotatable bonds is 3. The van der Waals surface area contributed by atoms with Crippen molar-refractivity contribution in [3.05, 3.63) is 76.5 Å². The van der Waals surface area contributed by atoms with Gasteiger partial charge in [0.1, 0.15) is 0 Å². The Morgan fingerprint density at radius 3 is 2.43 bits per heavy atom. The first-order valence-electron chi connectivity index (χ1n) is 10.5. The van der Waals surface area contributed by atoms with Crippen molar-refractivity contribution in [3.63, 3.8) is 0 Å². The average Bonchev–Trinajstić information content (AvgIpc) is 2.71. The van der Waals surface area contributed by atoms with Crippen LogP contribution < -0.4 is 0 Å². The summed E-state index contributed by atoms with van der Waals surface area (Å²) in [6.45, 7) is 10.9. The largest absolute Gasteiger partial charge is 0.478 e. The van der Waals surface area contributed by atoms with Crippen LogP contribution in [0.1, 0.15) is 60.4 Å². The number of carbonyl (C=O) groups is 1. The molecular weight excluding hydrogens is 372 g/mol. The second-order valence-corrected chi connectivity index (χ2v) is 8.98. The third-order valence-electron chi connectivity index (χ3n) is 5.85. The van der Waals surface area contributed by atoms with Gasteiger partial charge in [0.25, 0.3) is 0 Å². The molecule has 154 valence electrons. The van der Waals surface area contributed by atoms with Gasteiger partial charge in [-0.1, -0.05) is 70.2 Å². The molecule has 4 heteroatoms. The summed E-state index contributed by atoms with van der Waals surface area (Å²) in [5.74, 6) is -0.892. The monoisotopic (exact) mass is 400 g/mol. The minimum atomic E-state index is -0.892. The average molecular weight is 401 g/mol. The molecule has 0 bridgehead atoms. The van der Waals surface area contributed by atoms with E-state index in [2.05, 4.69) is 62.9 Å². The first-order valence-corrected chi connectivity index (χ1v) is 10.5. The van der Waals surface area contributed by atoms with Crippen LogP contribution in [-0.4, -0.2) is 34.0 Å². The molecule has 0 saturated carbocycles. The number of fused-ring (bicyclic) bond motifs is 2. The van der Waals surface area contributed by atoms with Crippen LogP contribution in [0.2, 0.25) is 0 Å². The van der Waals surface area contributed by atoms with Crippen molar-refractivity contribution < 1.29 is 9.90 Å². The fourth-order valence-corrected chi connectivity index (χ4v) is 4.13. The number of hydrogen-bond acceptors (Lipinski definition) is 3. The van der Waals surface area contributed by atoms with Crippen molar-refractivity contribution in [2.45, 2.75) is 39.7 Å². The number of pyridine rings is 1.